The molecule has 2 aromatic rings. The van der Waals surface area contributed by atoms with E-state index in [0.717, 1.165) is 24.0 Å². The Balaban J connectivity index is 1.54. The maximum Gasteiger partial charge on any atom is 0.407 e. The van der Waals surface area contributed by atoms with Crippen LogP contribution in [0.2, 0.25) is 0 Å². The lowest BCUT2D eigenvalue weighted by atomic mass is 10.0. The molecule has 0 spiro atoms. The molecule has 2 aromatic carbocycles. The van der Waals surface area contributed by atoms with Crippen LogP contribution in [0.1, 0.15) is 43.2 Å². The standard InChI is InChI=1S/C24H31N3O4/c25-23(29)21(16-15-19-10-4-1-5-11-19)27-22(28)14-8-3-9-17-26-24(30)31-18-20-12-6-2-7-13-20/h1-2,4-7,10-13,21H,3,8-9,14-18H2,(H2,25,29)(H,26,30)(H,27,28)/t21-/m0/s1. The third kappa shape index (κ3) is 10.3. The molecular formula is C24H31N3O4. The van der Waals surface area contributed by atoms with Gasteiger partial charge in [-0.2, -0.15) is 0 Å². The molecule has 0 saturated carbocycles. The summed E-state index contributed by atoms with van der Waals surface area (Å²) in [6.45, 7) is 0.717. The van der Waals surface area contributed by atoms with Gasteiger partial charge in [0, 0.05) is 13.0 Å². The number of amides is 3. The molecule has 0 aliphatic heterocycles. The number of benzene rings is 2. The number of hydrogen-bond donors (Lipinski definition) is 3. The number of nitrogens with one attached hydrogen (secondary N) is 2. The van der Waals surface area contributed by atoms with Crippen molar-refractivity contribution in [2.45, 2.75) is 51.2 Å². The van der Waals surface area contributed by atoms with E-state index in [1.807, 2.05) is 60.7 Å². The summed E-state index contributed by atoms with van der Waals surface area (Å²) in [6, 6.07) is 18.6. The molecule has 3 amide bonds. The Morgan fingerprint density at radius 3 is 2.16 bits per heavy atom. The monoisotopic (exact) mass is 425 g/mol. The first kappa shape index (κ1) is 23.9. The zero-order valence-electron chi connectivity index (χ0n) is 17.7. The topological polar surface area (TPSA) is 111 Å². The van der Waals surface area contributed by atoms with Gasteiger partial charge in [0.1, 0.15) is 12.6 Å². The molecule has 0 aromatic heterocycles. The van der Waals surface area contributed by atoms with Gasteiger partial charge < -0.3 is 21.1 Å². The van der Waals surface area contributed by atoms with Crippen molar-refractivity contribution in [3.05, 3.63) is 71.8 Å². The van der Waals surface area contributed by atoms with Crippen molar-refractivity contribution < 1.29 is 19.1 Å². The van der Waals surface area contributed by atoms with Crippen LogP contribution < -0.4 is 16.4 Å². The van der Waals surface area contributed by atoms with Crippen LogP contribution in [0.25, 0.3) is 0 Å². The molecule has 0 radical (unpaired) electrons. The molecule has 2 rings (SSSR count). The zero-order valence-corrected chi connectivity index (χ0v) is 17.7. The van der Waals surface area contributed by atoms with E-state index < -0.39 is 18.0 Å². The molecule has 166 valence electrons. The van der Waals surface area contributed by atoms with E-state index >= 15 is 0 Å². The summed E-state index contributed by atoms with van der Waals surface area (Å²) in [7, 11) is 0. The van der Waals surface area contributed by atoms with Gasteiger partial charge in [-0.3, -0.25) is 9.59 Å². The molecule has 0 bridgehead atoms. The van der Waals surface area contributed by atoms with Gasteiger partial charge >= 0.3 is 6.09 Å². The average Bonchev–Trinajstić information content (AvgIpc) is 2.78. The highest BCUT2D eigenvalue weighted by Gasteiger charge is 2.17. The molecule has 0 unspecified atom stereocenters. The molecule has 0 heterocycles. The minimum absolute atomic E-state index is 0.188. The Morgan fingerprint density at radius 1 is 0.871 bits per heavy atom. The van der Waals surface area contributed by atoms with Crippen molar-refractivity contribution in [2.24, 2.45) is 5.73 Å². The SMILES string of the molecule is NC(=O)[C@H](CCc1ccccc1)NC(=O)CCCCCNC(=O)OCc1ccccc1. The van der Waals surface area contributed by atoms with Gasteiger partial charge in [0.15, 0.2) is 0 Å². The Labute approximate surface area is 183 Å². The molecule has 7 heteroatoms. The number of unbranched alkanes of at least 4 members (excludes halogenated alkanes) is 2. The van der Waals surface area contributed by atoms with Gasteiger partial charge in [-0.05, 0) is 36.8 Å². The van der Waals surface area contributed by atoms with E-state index in [2.05, 4.69) is 10.6 Å². The van der Waals surface area contributed by atoms with Gasteiger partial charge in [-0.25, -0.2) is 4.79 Å². The van der Waals surface area contributed by atoms with Crippen molar-refractivity contribution in [1.29, 1.82) is 0 Å². The van der Waals surface area contributed by atoms with E-state index in [0.29, 0.717) is 32.2 Å². The molecule has 31 heavy (non-hydrogen) atoms. The number of aryl methyl sites for hydroxylation is 1. The van der Waals surface area contributed by atoms with Crippen molar-refractivity contribution in [2.75, 3.05) is 6.54 Å². The number of carbonyl (C=O) groups excluding carboxylic acids is 3. The Hall–Kier alpha value is -3.35. The maximum atomic E-state index is 12.1. The van der Waals surface area contributed by atoms with Crippen LogP contribution in [0.5, 0.6) is 0 Å². The maximum absolute atomic E-state index is 12.1. The van der Waals surface area contributed by atoms with Crippen LogP contribution in [0.15, 0.2) is 60.7 Å². The number of rotatable bonds is 13. The number of ether oxygens (including phenoxy) is 1. The van der Waals surface area contributed by atoms with Crippen molar-refractivity contribution in [3.63, 3.8) is 0 Å². The first-order valence-corrected chi connectivity index (χ1v) is 10.6. The Bertz CT molecular complexity index is 812. The largest absolute Gasteiger partial charge is 0.445 e. The van der Waals surface area contributed by atoms with Gasteiger partial charge in [0.2, 0.25) is 11.8 Å². The summed E-state index contributed by atoms with van der Waals surface area (Å²) in [5.74, 6) is -0.713. The fourth-order valence-corrected chi connectivity index (χ4v) is 3.06. The van der Waals surface area contributed by atoms with Crippen LogP contribution in [0, 0.1) is 0 Å². The molecule has 0 aliphatic carbocycles. The van der Waals surface area contributed by atoms with Crippen molar-refractivity contribution in [1.82, 2.24) is 10.6 Å². The van der Waals surface area contributed by atoms with E-state index in [9.17, 15) is 14.4 Å². The summed E-state index contributed by atoms with van der Waals surface area (Å²) in [4.78, 5) is 35.4. The Kier molecular flexibility index (Phi) is 10.6. The minimum atomic E-state index is -0.672. The van der Waals surface area contributed by atoms with Crippen LogP contribution in [-0.2, 0) is 27.4 Å². The predicted octanol–water partition coefficient (Wildman–Crippen LogP) is 3.08. The van der Waals surface area contributed by atoms with E-state index in [4.69, 9.17) is 10.5 Å². The molecular weight excluding hydrogens is 394 g/mol. The molecule has 0 saturated heterocycles. The minimum Gasteiger partial charge on any atom is -0.445 e. The normalized spacial score (nSPS) is 11.4. The lowest BCUT2D eigenvalue weighted by Crippen LogP contribution is -2.44. The van der Waals surface area contributed by atoms with Crippen LogP contribution in [-0.4, -0.2) is 30.5 Å². The number of hydrogen-bond acceptors (Lipinski definition) is 4. The van der Waals surface area contributed by atoms with E-state index in [1.165, 1.54) is 0 Å². The fraction of sp³-hybridized carbons (Fsp3) is 0.375. The second-order valence-corrected chi connectivity index (χ2v) is 7.35. The smallest absolute Gasteiger partial charge is 0.407 e. The quantitative estimate of drug-likeness (QED) is 0.428. The molecule has 7 nitrogen and oxygen atoms in total. The van der Waals surface area contributed by atoms with E-state index in [1.54, 1.807) is 0 Å². The third-order valence-electron chi connectivity index (χ3n) is 4.81. The third-order valence-corrected chi connectivity index (χ3v) is 4.81. The second-order valence-electron chi connectivity index (χ2n) is 7.35. The fourth-order valence-electron chi connectivity index (χ4n) is 3.06. The highest BCUT2D eigenvalue weighted by Crippen LogP contribution is 2.06. The summed E-state index contributed by atoms with van der Waals surface area (Å²) in [6.07, 6.45) is 3.17. The number of carbonyl (C=O) groups is 3. The lowest BCUT2D eigenvalue weighted by molar-refractivity contribution is -0.127. The van der Waals surface area contributed by atoms with Gasteiger partial charge in [0.05, 0.1) is 0 Å². The first-order chi connectivity index (χ1) is 15.0. The van der Waals surface area contributed by atoms with Gasteiger partial charge in [-0.1, -0.05) is 67.1 Å². The lowest BCUT2D eigenvalue weighted by Gasteiger charge is -2.15. The number of alkyl carbamates (subject to hydrolysis) is 1. The summed E-state index contributed by atoms with van der Waals surface area (Å²) in [5.41, 5.74) is 7.46. The van der Waals surface area contributed by atoms with Crippen LogP contribution in [0.4, 0.5) is 4.79 Å². The van der Waals surface area contributed by atoms with Gasteiger partial charge in [-0.15, -0.1) is 0 Å². The zero-order chi connectivity index (χ0) is 22.3. The first-order valence-electron chi connectivity index (χ1n) is 10.6. The highest BCUT2D eigenvalue weighted by molar-refractivity contribution is 5.86. The van der Waals surface area contributed by atoms with E-state index in [-0.39, 0.29) is 12.5 Å². The second kappa shape index (κ2) is 13.8. The molecule has 0 aliphatic rings. The van der Waals surface area contributed by atoms with Crippen molar-refractivity contribution in [3.8, 4) is 0 Å². The molecule has 4 N–H and O–H groups in total. The Morgan fingerprint density at radius 2 is 1.52 bits per heavy atom. The number of nitrogens with two attached hydrogens (primary N) is 1. The molecule has 0 fully saturated rings. The summed E-state index contributed by atoms with van der Waals surface area (Å²) in [5, 5.41) is 5.42. The summed E-state index contributed by atoms with van der Waals surface area (Å²) < 4.78 is 5.14. The number of primary amides is 1. The van der Waals surface area contributed by atoms with Crippen LogP contribution in [0.3, 0.4) is 0 Å². The molecule has 1 atom stereocenters. The predicted molar refractivity (Wildman–Crippen MR) is 119 cm³/mol. The van der Waals surface area contributed by atoms with Crippen LogP contribution >= 0.6 is 0 Å². The average molecular weight is 426 g/mol. The highest BCUT2D eigenvalue weighted by atomic mass is 16.5. The van der Waals surface area contributed by atoms with Crippen molar-refractivity contribution >= 4 is 17.9 Å². The van der Waals surface area contributed by atoms with Gasteiger partial charge in [0.25, 0.3) is 0 Å². The summed E-state index contributed by atoms with van der Waals surface area (Å²) >= 11 is 0.